The highest BCUT2D eigenvalue weighted by Gasteiger charge is 2.35. The number of primary amides is 1. The van der Waals surface area contributed by atoms with Crippen molar-refractivity contribution in [3.05, 3.63) is 64.1 Å². The van der Waals surface area contributed by atoms with Gasteiger partial charge in [-0.2, -0.15) is 5.10 Å². The van der Waals surface area contributed by atoms with Crippen molar-refractivity contribution in [3.63, 3.8) is 0 Å². The van der Waals surface area contributed by atoms with Crippen molar-refractivity contribution in [1.82, 2.24) is 20.0 Å². The number of nitrogens with zero attached hydrogens (tertiary/aromatic N) is 3. The molecular weight excluding hydrogens is 493 g/mol. The number of carbonyl (C=O) groups is 3. The first-order chi connectivity index (χ1) is 17.2. The Balaban J connectivity index is 1.49. The molecule has 190 valence electrons. The molecule has 36 heavy (non-hydrogen) atoms. The van der Waals surface area contributed by atoms with Gasteiger partial charge in [-0.05, 0) is 37.1 Å². The summed E-state index contributed by atoms with van der Waals surface area (Å²) in [6, 6.07) is 9.10. The number of aromatic nitrogens is 2. The van der Waals surface area contributed by atoms with Gasteiger partial charge in [0.15, 0.2) is 5.69 Å². The van der Waals surface area contributed by atoms with Crippen molar-refractivity contribution in [1.29, 1.82) is 0 Å². The minimum atomic E-state index is -1.12. The van der Waals surface area contributed by atoms with Crippen LogP contribution in [0.2, 0.25) is 5.02 Å². The van der Waals surface area contributed by atoms with E-state index in [0.29, 0.717) is 10.9 Å². The number of nitrogens with two attached hydrogens (primary N) is 1. The van der Waals surface area contributed by atoms with E-state index >= 15 is 0 Å². The quantitative estimate of drug-likeness (QED) is 0.275. The van der Waals surface area contributed by atoms with Gasteiger partial charge in [0, 0.05) is 23.5 Å². The second kappa shape index (κ2) is 10.6. The van der Waals surface area contributed by atoms with Gasteiger partial charge >= 0.3 is 5.97 Å². The topological polar surface area (TPSA) is 140 Å². The molecular formula is C24H25ClFN5O5. The lowest BCUT2D eigenvalue weighted by Gasteiger charge is -2.27. The third-order valence-electron chi connectivity index (χ3n) is 5.97. The first-order valence-corrected chi connectivity index (χ1v) is 11.6. The molecule has 4 N–H and O–H groups in total. The van der Waals surface area contributed by atoms with Crippen LogP contribution in [0.5, 0.6) is 0 Å². The van der Waals surface area contributed by atoms with Crippen molar-refractivity contribution >= 4 is 40.3 Å². The van der Waals surface area contributed by atoms with Crippen LogP contribution >= 0.6 is 11.6 Å². The molecule has 3 aromatic rings. The van der Waals surface area contributed by atoms with E-state index in [-0.39, 0.29) is 47.5 Å². The highest BCUT2D eigenvalue weighted by molar-refractivity contribution is 6.30. The van der Waals surface area contributed by atoms with E-state index in [0.717, 1.165) is 12.8 Å². The first kappa shape index (κ1) is 25.5. The van der Waals surface area contributed by atoms with Crippen molar-refractivity contribution in [2.75, 3.05) is 13.7 Å². The minimum absolute atomic E-state index is 0.00276. The Morgan fingerprint density at radius 2 is 2.08 bits per heavy atom. The predicted molar refractivity (Wildman–Crippen MR) is 129 cm³/mol. The third kappa shape index (κ3) is 5.48. The van der Waals surface area contributed by atoms with Gasteiger partial charge in [0.1, 0.15) is 12.0 Å². The zero-order valence-corrected chi connectivity index (χ0v) is 20.2. The Morgan fingerprint density at radius 3 is 2.75 bits per heavy atom. The van der Waals surface area contributed by atoms with Crippen molar-refractivity contribution in [2.45, 2.75) is 38.2 Å². The second-order valence-electron chi connectivity index (χ2n) is 8.49. The van der Waals surface area contributed by atoms with Crippen LogP contribution in [-0.4, -0.2) is 63.5 Å². The number of aliphatic hydroxyl groups is 1. The van der Waals surface area contributed by atoms with Crippen LogP contribution in [0, 0.1) is 5.82 Å². The minimum Gasteiger partial charge on any atom is -0.465 e. The van der Waals surface area contributed by atoms with Crippen LogP contribution in [0.1, 0.15) is 39.3 Å². The average molecular weight is 518 g/mol. The van der Waals surface area contributed by atoms with Gasteiger partial charge in [-0.15, -0.1) is 0 Å². The molecule has 2 amide bonds. The molecule has 0 radical (unpaired) electrons. The maximum Gasteiger partial charge on any atom is 0.337 e. The Bertz CT molecular complexity index is 1330. The van der Waals surface area contributed by atoms with E-state index in [4.69, 9.17) is 22.1 Å². The molecule has 12 heteroatoms. The number of hydrogen-bond acceptors (Lipinski definition) is 7. The third-order valence-corrected chi connectivity index (χ3v) is 6.27. The lowest BCUT2D eigenvalue weighted by molar-refractivity contribution is -0.126. The van der Waals surface area contributed by atoms with Crippen LogP contribution in [0.25, 0.3) is 10.9 Å². The van der Waals surface area contributed by atoms with Crippen LogP contribution in [0.3, 0.4) is 0 Å². The number of nitrogens with one attached hydrogen (secondary N) is 1. The summed E-state index contributed by atoms with van der Waals surface area (Å²) >= 11 is 5.79. The number of aliphatic hydroxyl groups excluding tert-OH is 1. The zero-order chi connectivity index (χ0) is 26.0. The van der Waals surface area contributed by atoms with Crippen LogP contribution < -0.4 is 11.1 Å². The number of fused-ring (bicyclic) bond motifs is 1. The Labute approximate surface area is 210 Å². The van der Waals surface area contributed by atoms with E-state index in [1.54, 1.807) is 17.0 Å². The maximum absolute atomic E-state index is 14.1. The van der Waals surface area contributed by atoms with E-state index in [1.807, 2.05) is 0 Å². The van der Waals surface area contributed by atoms with Crippen LogP contribution in [-0.2, 0) is 22.6 Å². The second-order valence-corrected chi connectivity index (χ2v) is 8.90. The van der Waals surface area contributed by atoms with Crippen LogP contribution in [0.15, 0.2) is 36.4 Å². The molecule has 0 aliphatic heterocycles. The molecule has 0 saturated heterocycles. The molecule has 1 fully saturated rings. The number of rotatable bonds is 10. The zero-order valence-electron chi connectivity index (χ0n) is 19.4. The molecule has 10 nitrogen and oxygen atoms in total. The molecule has 1 atom stereocenters. The Hall–Kier alpha value is -3.54. The lowest BCUT2D eigenvalue weighted by Crippen LogP contribution is -2.46. The van der Waals surface area contributed by atoms with E-state index < -0.39 is 29.8 Å². The summed E-state index contributed by atoms with van der Waals surface area (Å²) in [5, 5.41) is 18.2. The van der Waals surface area contributed by atoms with E-state index in [2.05, 4.69) is 10.4 Å². The van der Waals surface area contributed by atoms with Gasteiger partial charge in [-0.3, -0.25) is 19.2 Å². The number of hydrogen-bond donors (Lipinski definition) is 3. The average Bonchev–Trinajstić information content (AvgIpc) is 3.64. The SMILES string of the molecule is COC(=O)c1ccc2c(c1)c(C(N)=O)nn2CC(O)N(CC(=O)NCc1cccc(Cl)c1F)C1CC1. The van der Waals surface area contributed by atoms with Gasteiger partial charge in [-0.25, -0.2) is 9.18 Å². The Morgan fingerprint density at radius 1 is 1.33 bits per heavy atom. The van der Waals surface area contributed by atoms with Crippen molar-refractivity contribution in [2.24, 2.45) is 5.73 Å². The summed E-state index contributed by atoms with van der Waals surface area (Å²) in [7, 11) is 1.25. The van der Waals surface area contributed by atoms with Gasteiger partial charge in [0.05, 0.1) is 36.3 Å². The molecule has 0 bridgehead atoms. The summed E-state index contributed by atoms with van der Waals surface area (Å²) in [4.78, 5) is 38.1. The van der Waals surface area contributed by atoms with E-state index in [1.165, 1.54) is 36.1 Å². The van der Waals surface area contributed by atoms with Gasteiger partial charge < -0.3 is 20.9 Å². The molecule has 1 unspecified atom stereocenters. The fraction of sp³-hybridized carbons (Fsp3) is 0.333. The Kier molecular flexibility index (Phi) is 7.53. The summed E-state index contributed by atoms with van der Waals surface area (Å²) in [5.41, 5.74) is 6.38. The van der Waals surface area contributed by atoms with Crippen molar-refractivity contribution in [3.8, 4) is 0 Å². The summed E-state index contributed by atoms with van der Waals surface area (Å²) in [5.74, 6) is -2.36. The van der Waals surface area contributed by atoms with Crippen LogP contribution in [0.4, 0.5) is 4.39 Å². The smallest absolute Gasteiger partial charge is 0.337 e. The monoisotopic (exact) mass is 517 g/mol. The highest BCUT2D eigenvalue weighted by atomic mass is 35.5. The number of halogens is 2. The highest BCUT2D eigenvalue weighted by Crippen LogP contribution is 2.29. The first-order valence-electron chi connectivity index (χ1n) is 11.2. The van der Waals surface area contributed by atoms with Gasteiger partial charge in [0.25, 0.3) is 5.91 Å². The summed E-state index contributed by atoms with van der Waals surface area (Å²) in [6.45, 7) is -0.232. The fourth-order valence-electron chi connectivity index (χ4n) is 3.99. The summed E-state index contributed by atoms with van der Waals surface area (Å²) in [6.07, 6.45) is 0.500. The number of amides is 2. The summed E-state index contributed by atoms with van der Waals surface area (Å²) < 4.78 is 20.2. The fourth-order valence-corrected chi connectivity index (χ4v) is 4.18. The van der Waals surface area contributed by atoms with Gasteiger partial charge in [-0.1, -0.05) is 23.7 Å². The standard InChI is InChI=1S/C24H25ClFN5O5/c1-36-24(35)13-5-8-18-16(9-13)22(23(27)34)29-31(18)12-20(33)30(15-6-7-15)11-19(32)28-10-14-3-2-4-17(25)21(14)26/h2-5,8-9,15,20,33H,6-7,10-12H2,1H3,(H2,27,34)(H,28,32). The molecule has 1 heterocycles. The normalized spacial score (nSPS) is 14.1. The number of esters is 1. The number of ether oxygens (including phenoxy) is 1. The van der Waals surface area contributed by atoms with Crippen molar-refractivity contribution < 1.29 is 28.6 Å². The molecule has 1 saturated carbocycles. The van der Waals surface area contributed by atoms with E-state index in [9.17, 15) is 23.9 Å². The molecule has 2 aromatic carbocycles. The predicted octanol–water partition coefficient (Wildman–Crippen LogP) is 1.81. The maximum atomic E-state index is 14.1. The number of carbonyl (C=O) groups excluding carboxylic acids is 3. The number of methoxy groups -OCH3 is 1. The van der Waals surface area contributed by atoms with Gasteiger partial charge in [0.2, 0.25) is 5.91 Å². The molecule has 0 spiro atoms. The molecule has 1 aliphatic carbocycles. The molecule has 1 aromatic heterocycles. The molecule has 1 aliphatic rings. The number of benzene rings is 2. The lowest BCUT2D eigenvalue weighted by atomic mass is 10.1. The largest absolute Gasteiger partial charge is 0.465 e. The molecule has 4 rings (SSSR count).